The number of piperidine rings is 1. The minimum absolute atomic E-state index is 0.130. The number of carbonyl (C=O) groups excluding carboxylic acids is 1. The van der Waals surface area contributed by atoms with Crippen LogP contribution in [0.5, 0.6) is 0 Å². The summed E-state index contributed by atoms with van der Waals surface area (Å²) >= 11 is 0. The minimum Gasteiger partial charge on any atom is -0.331 e. The number of rotatable bonds is 5. The molecule has 0 spiro atoms. The Morgan fingerprint density at radius 1 is 1.37 bits per heavy atom. The molecule has 0 saturated carbocycles. The van der Waals surface area contributed by atoms with Gasteiger partial charge in [0.2, 0.25) is 5.91 Å². The lowest BCUT2D eigenvalue weighted by molar-refractivity contribution is -0.167. The molecule has 0 aromatic heterocycles. The normalized spacial score (nSPS) is 19.2. The molecule has 1 unspecified atom stereocenters. The third-order valence-electron chi connectivity index (χ3n) is 3.64. The van der Waals surface area contributed by atoms with Gasteiger partial charge in [-0.05, 0) is 31.8 Å². The Kier molecular flexibility index (Phi) is 6.10. The highest BCUT2D eigenvalue weighted by Crippen LogP contribution is 2.23. The summed E-state index contributed by atoms with van der Waals surface area (Å²) in [5.41, 5.74) is 0. The average Bonchev–Trinajstić information content (AvgIpc) is 2.35. The van der Waals surface area contributed by atoms with Crippen molar-refractivity contribution in [1.82, 2.24) is 10.2 Å². The molecule has 3 nitrogen and oxygen atoms in total. The highest BCUT2D eigenvalue weighted by molar-refractivity contribution is 5.76. The van der Waals surface area contributed by atoms with Crippen molar-refractivity contribution < 1.29 is 18.0 Å². The lowest BCUT2D eigenvalue weighted by atomic mass is 10.0. The largest absolute Gasteiger partial charge is 0.406 e. The summed E-state index contributed by atoms with van der Waals surface area (Å²) in [5, 5.41) is 3.10. The number of alkyl halides is 3. The standard InChI is InChI=1S/C13H23F3N2O/c1-3-10(2)8-12(19)18(9-13(14,15)16)11-4-6-17-7-5-11/h10-11,17H,3-9H2,1-2H3. The van der Waals surface area contributed by atoms with Crippen LogP contribution in [-0.4, -0.2) is 42.7 Å². The van der Waals surface area contributed by atoms with Crippen LogP contribution in [0.1, 0.15) is 39.5 Å². The zero-order valence-electron chi connectivity index (χ0n) is 11.6. The van der Waals surface area contributed by atoms with E-state index in [1.807, 2.05) is 13.8 Å². The highest BCUT2D eigenvalue weighted by Gasteiger charge is 2.36. The smallest absolute Gasteiger partial charge is 0.331 e. The Hall–Kier alpha value is -0.780. The summed E-state index contributed by atoms with van der Waals surface area (Å²) in [6, 6.07) is -0.278. The van der Waals surface area contributed by atoms with Crippen LogP contribution in [0.2, 0.25) is 0 Å². The molecule has 1 N–H and O–H groups in total. The first-order valence-electron chi connectivity index (χ1n) is 6.90. The molecule has 1 heterocycles. The molecule has 6 heteroatoms. The lowest BCUT2D eigenvalue weighted by Gasteiger charge is -2.35. The first kappa shape index (κ1) is 16.3. The van der Waals surface area contributed by atoms with Gasteiger partial charge in [0.25, 0.3) is 0 Å². The van der Waals surface area contributed by atoms with Crippen molar-refractivity contribution in [3.05, 3.63) is 0 Å². The van der Waals surface area contributed by atoms with E-state index in [9.17, 15) is 18.0 Å². The predicted molar refractivity (Wildman–Crippen MR) is 67.7 cm³/mol. The third kappa shape index (κ3) is 5.80. The first-order valence-corrected chi connectivity index (χ1v) is 6.90. The van der Waals surface area contributed by atoms with E-state index in [0.29, 0.717) is 25.9 Å². The third-order valence-corrected chi connectivity index (χ3v) is 3.64. The molecule has 0 bridgehead atoms. The molecule has 0 aliphatic carbocycles. The molecule has 0 aromatic rings. The molecule has 1 atom stereocenters. The Morgan fingerprint density at radius 2 is 1.95 bits per heavy atom. The molecule has 19 heavy (non-hydrogen) atoms. The Morgan fingerprint density at radius 3 is 2.42 bits per heavy atom. The van der Waals surface area contributed by atoms with Crippen LogP contribution in [0.4, 0.5) is 13.2 Å². The van der Waals surface area contributed by atoms with E-state index >= 15 is 0 Å². The average molecular weight is 280 g/mol. The summed E-state index contributed by atoms with van der Waals surface area (Å²) in [7, 11) is 0. The summed E-state index contributed by atoms with van der Waals surface area (Å²) in [4.78, 5) is 13.1. The van der Waals surface area contributed by atoms with E-state index < -0.39 is 12.7 Å². The second kappa shape index (κ2) is 7.12. The van der Waals surface area contributed by atoms with Gasteiger partial charge in [0.1, 0.15) is 6.54 Å². The van der Waals surface area contributed by atoms with Crippen molar-refractivity contribution in [2.45, 2.75) is 51.7 Å². The van der Waals surface area contributed by atoms with Gasteiger partial charge in [0.15, 0.2) is 0 Å². The van der Waals surface area contributed by atoms with Gasteiger partial charge in [-0.2, -0.15) is 13.2 Å². The number of carbonyl (C=O) groups is 1. The van der Waals surface area contributed by atoms with Crippen molar-refractivity contribution in [2.24, 2.45) is 5.92 Å². The van der Waals surface area contributed by atoms with Gasteiger partial charge in [0, 0.05) is 12.5 Å². The van der Waals surface area contributed by atoms with E-state index in [0.717, 1.165) is 11.3 Å². The van der Waals surface area contributed by atoms with E-state index in [4.69, 9.17) is 0 Å². The molecule has 1 amide bonds. The van der Waals surface area contributed by atoms with Crippen molar-refractivity contribution in [3.63, 3.8) is 0 Å². The monoisotopic (exact) mass is 280 g/mol. The van der Waals surface area contributed by atoms with Gasteiger partial charge in [-0.1, -0.05) is 20.3 Å². The zero-order chi connectivity index (χ0) is 14.5. The highest BCUT2D eigenvalue weighted by atomic mass is 19.4. The first-order chi connectivity index (χ1) is 8.83. The van der Waals surface area contributed by atoms with Gasteiger partial charge in [-0.25, -0.2) is 0 Å². The van der Waals surface area contributed by atoms with Gasteiger partial charge in [0.05, 0.1) is 0 Å². The number of hydrogen-bond acceptors (Lipinski definition) is 2. The fourth-order valence-electron chi connectivity index (χ4n) is 2.29. The molecule has 0 aromatic carbocycles. The topological polar surface area (TPSA) is 32.3 Å². The number of amides is 1. The van der Waals surface area contributed by atoms with Gasteiger partial charge in [-0.3, -0.25) is 4.79 Å². The van der Waals surface area contributed by atoms with Crippen LogP contribution in [-0.2, 0) is 4.79 Å². The van der Waals surface area contributed by atoms with Crippen molar-refractivity contribution >= 4 is 5.91 Å². The molecular weight excluding hydrogens is 257 g/mol. The quantitative estimate of drug-likeness (QED) is 0.839. The maximum atomic E-state index is 12.6. The number of nitrogens with one attached hydrogen (secondary N) is 1. The molecular formula is C13H23F3N2O. The number of halogens is 3. The molecule has 1 aliphatic rings. The van der Waals surface area contributed by atoms with Crippen molar-refractivity contribution in [1.29, 1.82) is 0 Å². The molecule has 1 aliphatic heterocycles. The molecule has 0 radical (unpaired) electrons. The van der Waals surface area contributed by atoms with Crippen LogP contribution >= 0.6 is 0 Å². The van der Waals surface area contributed by atoms with Gasteiger partial charge in [-0.15, -0.1) is 0 Å². The van der Waals surface area contributed by atoms with Crippen LogP contribution in [0.15, 0.2) is 0 Å². The molecule has 1 saturated heterocycles. The number of hydrogen-bond donors (Lipinski definition) is 1. The second-order valence-electron chi connectivity index (χ2n) is 5.34. The van der Waals surface area contributed by atoms with E-state index in [1.54, 1.807) is 0 Å². The van der Waals surface area contributed by atoms with Gasteiger partial charge < -0.3 is 10.2 Å². The summed E-state index contributed by atoms with van der Waals surface area (Å²) in [6.45, 7) is 4.07. The SMILES string of the molecule is CCC(C)CC(=O)N(CC(F)(F)F)C1CCNCC1. The summed E-state index contributed by atoms with van der Waals surface area (Å²) < 4.78 is 37.9. The molecule has 1 fully saturated rings. The van der Waals surface area contributed by atoms with Crippen LogP contribution in [0.25, 0.3) is 0 Å². The maximum absolute atomic E-state index is 12.6. The van der Waals surface area contributed by atoms with E-state index in [-0.39, 0.29) is 24.3 Å². The van der Waals surface area contributed by atoms with Crippen LogP contribution < -0.4 is 5.32 Å². The summed E-state index contributed by atoms with van der Waals surface area (Å²) in [6.07, 6.45) is -2.12. The Balaban J connectivity index is 2.70. The van der Waals surface area contributed by atoms with Gasteiger partial charge >= 0.3 is 6.18 Å². The minimum atomic E-state index is -4.32. The lowest BCUT2D eigenvalue weighted by Crippen LogP contribution is -2.50. The van der Waals surface area contributed by atoms with Crippen LogP contribution in [0.3, 0.4) is 0 Å². The Bertz CT molecular complexity index is 288. The fraction of sp³-hybridized carbons (Fsp3) is 0.923. The Labute approximate surface area is 112 Å². The molecule has 112 valence electrons. The number of nitrogens with zero attached hydrogens (tertiary/aromatic N) is 1. The zero-order valence-corrected chi connectivity index (χ0v) is 11.6. The second-order valence-corrected chi connectivity index (χ2v) is 5.34. The van der Waals surface area contributed by atoms with Crippen molar-refractivity contribution in [2.75, 3.05) is 19.6 Å². The van der Waals surface area contributed by atoms with E-state index in [2.05, 4.69) is 5.32 Å². The summed E-state index contributed by atoms with van der Waals surface area (Å²) in [5.74, 6) is -0.233. The fourth-order valence-corrected chi connectivity index (χ4v) is 2.29. The predicted octanol–water partition coefficient (Wildman–Crippen LogP) is 2.57. The van der Waals surface area contributed by atoms with Crippen LogP contribution in [0, 0.1) is 5.92 Å². The molecule has 1 rings (SSSR count). The van der Waals surface area contributed by atoms with Crippen molar-refractivity contribution in [3.8, 4) is 0 Å². The van der Waals surface area contributed by atoms with E-state index in [1.165, 1.54) is 0 Å². The maximum Gasteiger partial charge on any atom is 0.406 e.